The number of amides is 1. The molecule has 138 valence electrons. The maximum Gasteiger partial charge on any atom is 0.238 e. The van der Waals surface area contributed by atoms with Crippen molar-refractivity contribution in [3.63, 3.8) is 0 Å². The van der Waals surface area contributed by atoms with Crippen molar-refractivity contribution in [3.05, 3.63) is 90.2 Å². The second-order valence-corrected chi connectivity index (χ2v) is 6.01. The summed E-state index contributed by atoms with van der Waals surface area (Å²) in [6.07, 6.45) is 0.723. The van der Waals surface area contributed by atoms with E-state index >= 15 is 0 Å². The van der Waals surface area contributed by atoms with Crippen molar-refractivity contribution in [2.45, 2.75) is 6.42 Å². The van der Waals surface area contributed by atoms with Crippen molar-refractivity contribution >= 4 is 11.6 Å². The van der Waals surface area contributed by atoms with E-state index in [1.54, 1.807) is 18.2 Å². The molecule has 0 atom stereocenters. The predicted molar refractivity (Wildman–Crippen MR) is 105 cm³/mol. The van der Waals surface area contributed by atoms with Gasteiger partial charge in [-0.25, -0.2) is 4.39 Å². The molecule has 0 aliphatic heterocycles. The SMILES string of the molecule is O=C(CNCCc1ccc(F)cc1)Nc1ccccc1Oc1ccccc1. The second kappa shape index (κ2) is 9.50. The number of carbonyl (C=O) groups excluding carboxylic acids is 1. The van der Waals surface area contributed by atoms with Crippen LogP contribution in [0.15, 0.2) is 78.9 Å². The lowest BCUT2D eigenvalue weighted by atomic mass is 10.1. The van der Waals surface area contributed by atoms with E-state index in [1.165, 1.54) is 12.1 Å². The first-order chi connectivity index (χ1) is 13.2. The summed E-state index contributed by atoms with van der Waals surface area (Å²) in [5.74, 6) is 0.890. The summed E-state index contributed by atoms with van der Waals surface area (Å²) in [4.78, 5) is 12.2. The Hall–Kier alpha value is -3.18. The van der Waals surface area contributed by atoms with Gasteiger partial charge in [-0.1, -0.05) is 42.5 Å². The summed E-state index contributed by atoms with van der Waals surface area (Å²) >= 11 is 0. The Balaban J connectivity index is 1.48. The number of hydrogen-bond acceptors (Lipinski definition) is 3. The van der Waals surface area contributed by atoms with Gasteiger partial charge in [-0.05, 0) is 54.9 Å². The molecule has 3 aromatic carbocycles. The Morgan fingerprint density at radius 2 is 1.59 bits per heavy atom. The number of rotatable bonds is 8. The van der Waals surface area contributed by atoms with Gasteiger partial charge in [0.1, 0.15) is 11.6 Å². The molecule has 5 heteroatoms. The fourth-order valence-electron chi connectivity index (χ4n) is 2.55. The van der Waals surface area contributed by atoms with Crippen LogP contribution in [0.2, 0.25) is 0 Å². The number of benzene rings is 3. The number of halogens is 1. The molecule has 0 radical (unpaired) electrons. The second-order valence-electron chi connectivity index (χ2n) is 6.01. The van der Waals surface area contributed by atoms with Gasteiger partial charge in [-0.15, -0.1) is 0 Å². The van der Waals surface area contributed by atoms with E-state index in [4.69, 9.17) is 4.74 Å². The van der Waals surface area contributed by atoms with Crippen LogP contribution in [-0.2, 0) is 11.2 Å². The molecule has 0 saturated heterocycles. The first-order valence-electron chi connectivity index (χ1n) is 8.77. The molecule has 0 heterocycles. The van der Waals surface area contributed by atoms with Crippen LogP contribution in [0.25, 0.3) is 0 Å². The van der Waals surface area contributed by atoms with Gasteiger partial charge < -0.3 is 15.4 Å². The number of para-hydroxylation sites is 3. The maximum atomic E-state index is 12.9. The van der Waals surface area contributed by atoms with E-state index < -0.39 is 0 Å². The van der Waals surface area contributed by atoms with Crippen LogP contribution in [0.3, 0.4) is 0 Å². The van der Waals surface area contributed by atoms with Gasteiger partial charge in [0, 0.05) is 0 Å². The zero-order valence-electron chi connectivity index (χ0n) is 14.8. The highest BCUT2D eigenvalue weighted by molar-refractivity contribution is 5.93. The minimum atomic E-state index is -0.248. The van der Waals surface area contributed by atoms with Crippen LogP contribution >= 0.6 is 0 Å². The standard InChI is InChI=1S/C22H21FN2O2/c23-18-12-10-17(11-13-18)14-15-24-16-22(26)25-20-8-4-5-9-21(20)27-19-6-2-1-3-7-19/h1-13,24H,14-16H2,(H,25,26). The topological polar surface area (TPSA) is 50.4 Å². The number of nitrogens with one attached hydrogen (secondary N) is 2. The minimum Gasteiger partial charge on any atom is -0.455 e. The van der Waals surface area contributed by atoms with E-state index in [0.29, 0.717) is 23.7 Å². The summed E-state index contributed by atoms with van der Waals surface area (Å²) in [5, 5.41) is 5.95. The highest BCUT2D eigenvalue weighted by atomic mass is 19.1. The fourth-order valence-corrected chi connectivity index (χ4v) is 2.55. The highest BCUT2D eigenvalue weighted by Crippen LogP contribution is 2.28. The van der Waals surface area contributed by atoms with E-state index in [-0.39, 0.29) is 18.3 Å². The van der Waals surface area contributed by atoms with Crippen molar-refractivity contribution in [1.29, 1.82) is 0 Å². The number of hydrogen-bond donors (Lipinski definition) is 2. The van der Waals surface area contributed by atoms with Crippen LogP contribution in [0.1, 0.15) is 5.56 Å². The molecule has 3 aromatic rings. The minimum absolute atomic E-state index is 0.154. The van der Waals surface area contributed by atoms with Gasteiger partial charge in [-0.2, -0.15) is 0 Å². The third-order valence-electron chi connectivity index (χ3n) is 3.92. The van der Waals surface area contributed by atoms with Crippen molar-refractivity contribution < 1.29 is 13.9 Å². The molecule has 3 rings (SSSR count). The van der Waals surface area contributed by atoms with E-state index in [2.05, 4.69) is 10.6 Å². The third-order valence-corrected chi connectivity index (χ3v) is 3.92. The summed E-state index contributed by atoms with van der Waals surface area (Å²) in [7, 11) is 0. The molecule has 0 aromatic heterocycles. The van der Waals surface area contributed by atoms with Gasteiger partial charge in [0.2, 0.25) is 5.91 Å². The molecule has 0 unspecified atom stereocenters. The Morgan fingerprint density at radius 3 is 2.37 bits per heavy atom. The molecular formula is C22H21FN2O2. The molecule has 0 spiro atoms. The van der Waals surface area contributed by atoms with Gasteiger partial charge in [0.25, 0.3) is 0 Å². The van der Waals surface area contributed by atoms with Gasteiger partial charge in [-0.3, -0.25) is 4.79 Å². The van der Waals surface area contributed by atoms with Crippen LogP contribution in [0.4, 0.5) is 10.1 Å². The van der Waals surface area contributed by atoms with Gasteiger partial charge >= 0.3 is 0 Å². The molecule has 0 fully saturated rings. The molecule has 0 aliphatic rings. The molecule has 0 bridgehead atoms. The lowest BCUT2D eigenvalue weighted by Gasteiger charge is -2.12. The summed E-state index contributed by atoms with van der Waals surface area (Å²) in [5.41, 5.74) is 1.64. The van der Waals surface area contributed by atoms with Crippen molar-refractivity contribution in [1.82, 2.24) is 5.32 Å². The summed E-state index contributed by atoms with van der Waals surface area (Å²) in [6.45, 7) is 0.808. The maximum absolute atomic E-state index is 12.9. The normalized spacial score (nSPS) is 10.4. The molecule has 27 heavy (non-hydrogen) atoms. The third kappa shape index (κ3) is 5.94. The molecule has 0 aliphatic carbocycles. The van der Waals surface area contributed by atoms with Crippen molar-refractivity contribution in [3.8, 4) is 11.5 Å². The van der Waals surface area contributed by atoms with Crippen LogP contribution in [0, 0.1) is 5.82 Å². The monoisotopic (exact) mass is 364 g/mol. The number of anilines is 1. The van der Waals surface area contributed by atoms with Crippen molar-refractivity contribution in [2.75, 3.05) is 18.4 Å². The van der Waals surface area contributed by atoms with E-state index in [0.717, 1.165) is 12.0 Å². The fraction of sp³-hybridized carbons (Fsp3) is 0.136. The first kappa shape index (κ1) is 18.6. The Bertz CT molecular complexity index is 867. The molecule has 2 N–H and O–H groups in total. The van der Waals surface area contributed by atoms with Crippen LogP contribution in [0.5, 0.6) is 11.5 Å². The van der Waals surface area contributed by atoms with Gasteiger partial charge in [0.15, 0.2) is 5.75 Å². The Labute approximate surface area is 158 Å². The first-order valence-corrected chi connectivity index (χ1v) is 8.77. The number of carbonyl (C=O) groups is 1. The summed E-state index contributed by atoms with van der Waals surface area (Å²) < 4.78 is 18.7. The number of ether oxygens (including phenoxy) is 1. The average Bonchev–Trinajstić information content (AvgIpc) is 2.69. The van der Waals surface area contributed by atoms with Gasteiger partial charge in [0.05, 0.1) is 12.2 Å². The lowest BCUT2D eigenvalue weighted by Crippen LogP contribution is -2.29. The summed E-state index contributed by atoms with van der Waals surface area (Å²) in [6, 6.07) is 23.1. The largest absolute Gasteiger partial charge is 0.455 e. The molecule has 0 saturated carbocycles. The van der Waals surface area contributed by atoms with Crippen LogP contribution < -0.4 is 15.4 Å². The van der Waals surface area contributed by atoms with E-state index in [9.17, 15) is 9.18 Å². The molecule has 4 nitrogen and oxygen atoms in total. The lowest BCUT2D eigenvalue weighted by molar-refractivity contribution is -0.115. The van der Waals surface area contributed by atoms with E-state index in [1.807, 2.05) is 48.5 Å². The highest BCUT2D eigenvalue weighted by Gasteiger charge is 2.08. The average molecular weight is 364 g/mol. The molecule has 1 amide bonds. The zero-order valence-corrected chi connectivity index (χ0v) is 14.8. The quantitative estimate of drug-likeness (QED) is 0.583. The Kier molecular flexibility index (Phi) is 6.55. The van der Waals surface area contributed by atoms with Crippen LogP contribution in [-0.4, -0.2) is 19.0 Å². The van der Waals surface area contributed by atoms with Crippen molar-refractivity contribution in [2.24, 2.45) is 0 Å². The zero-order chi connectivity index (χ0) is 18.9. The Morgan fingerprint density at radius 1 is 0.889 bits per heavy atom. The predicted octanol–water partition coefficient (Wildman–Crippen LogP) is 4.39. The smallest absolute Gasteiger partial charge is 0.238 e. The molecular weight excluding hydrogens is 343 g/mol.